The maximum absolute atomic E-state index is 12.9. The van der Waals surface area contributed by atoms with Crippen LogP contribution in [0.2, 0.25) is 5.02 Å². The molecule has 1 unspecified atom stereocenters. The molecule has 5 aromatic rings. The molecule has 0 bridgehead atoms. The zero-order valence-electron chi connectivity index (χ0n) is 40.7. The van der Waals surface area contributed by atoms with Crippen molar-refractivity contribution in [3.8, 4) is 0 Å². The van der Waals surface area contributed by atoms with Gasteiger partial charge in [-0.3, -0.25) is 9.11 Å². The number of aliphatic carboxylic acids is 1. The van der Waals surface area contributed by atoms with Gasteiger partial charge in [-0.05, 0) is 79.2 Å². The molecule has 394 valence electrons. The molecule has 23 heteroatoms. The molecule has 0 fully saturated rings. The first-order chi connectivity index (χ1) is 34.5. The van der Waals surface area contributed by atoms with Crippen LogP contribution in [0.25, 0.3) is 6.08 Å². The normalized spacial score (nSPS) is 13.5. The Balaban J connectivity index is 0.000000301. The number of carboxylic acids is 2. The highest BCUT2D eigenvalue weighted by molar-refractivity contribution is 7.85. The van der Waals surface area contributed by atoms with E-state index < -0.39 is 50.0 Å². The summed E-state index contributed by atoms with van der Waals surface area (Å²) in [5.74, 6) is -2.88. The third-order valence-electron chi connectivity index (χ3n) is 10.1. The minimum atomic E-state index is -4.00. The van der Waals surface area contributed by atoms with Crippen molar-refractivity contribution >= 4 is 73.1 Å². The van der Waals surface area contributed by atoms with Gasteiger partial charge in [0.1, 0.15) is 5.82 Å². The van der Waals surface area contributed by atoms with E-state index in [9.17, 15) is 41.1 Å². The molecule has 0 aliphatic carbocycles. The second-order valence-electron chi connectivity index (χ2n) is 15.6. The Morgan fingerprint density at radius 1 is 0.904 bits per heavy atom. The lowest BCUT2D eigenvalue weighted by molar-refractivity contribution is -0.139. The molecule has 2 aromatic heterocycles. The number of ether oxygens (including phenoxy) is 3. The molecular weight excluding hydrogens is 1030 g/mol. The number of rotatable bonds is 19. The molecule has 1 aliphatic rings. The molecule has 6 rings (SSSR count). The number of dihydropyridines is 1. The van der Waals surface area contributed by atoms with E-state index in [1.807, 2.05) is 22.1 Å². The Labute approximate surface area is 433 Å². The number of unbranched alkanes of at least 4 members (excludes halogenated alkanes) is 1. The second-order valence-corrected chi connectivity index (χ2v) is 19.9. The minimum Gasteiger partial charge on any atom is -0.478 e. The van der Waals surface area contributed by atoms with Crippen molar-refractivity contribution in [1.29, 1.82) is 0 Å². The number of allylic oxidation sites excluding steroid dienone is 1. The SMILES string of the molecule is CCCCc1ncc(/C=C(\Cc2cccs2)C(=O)O)n1Cc1ccc(C(=O)O)cc1.CCOC(=O)C1=C(COCCN)NC(C)=C(C(=O)OC)C1c1ccccc1Cl.CS(=O)(=O)O.O=S(=O)(O)c1ccccc1. The van der Waals surface area contributed by atoms with Crippen molar-refractivity contribution in [3.05, 3.63) is 169 Å². The summed E-state index contributed by atoms with van der Waals surface area (Å²) < 4.78 is 72.9. The van der Waals surface area contributed by atoms with Crippen molar-refractivity contribution in [3.63, 3.8) is 0 Å². The molecular formula is C50H59ClN4O15S3. The number of carbonyl (C=O) groups is 4. The Kier molecular flexibility index (Phi) is 24.9. The lowest BCUT2D eigenvalue weighted by atomic mass is 9.80. The van der Waals surface area contributed by atoms with Gasteiger partial charge in [-0.1, -0.05) is 79.5 Å². The molecule has 7 N–H and O–H groups in total. The number of hydrogen-bond donors (Lipinski definition) is 6. The van der Waals surface area contributed by atoms with Gasteiger partial charge in [-0.25, -0.2) is 24.2 Å². The first kappa shape index (κ1) is 60.8. The third-order valence-corrected chi connectivity index (χ3v) is 12.2. The average Bonchev–Trinajstić information content (AvgIpc) is 4.00. The molecule has 0 saturated heterocycles. The van der Waals surface area contributed by atoms with E-state index in [1.54, 1.807) is 92.9 Å². The zero-order chi connectivity index (χ0) is 54.3. The fourth-order valence-electron chi connectivity index (χ4n) is 6.88. The van der Waals surface area contributed by atoms with Crippen molar-refractivity contribution in [1.82, 2.24) is 14.9 Å². The van der Waals surface area contributed by atoms with Crippen LogP contribution in [0.15, 0.2) is 136 Å². The predicted octanol–water partition coefficient (Wildman–Crippen LogP) is 7.45. The fraction of sp³-hybridized carbons (Fsp3) is 0.300. The van der Waals surface area contributed by atoms with Crippen LogP contribution in [-0.4, -0.2) is 109 Å². The average molecular weight is 1090 g/mol. The molecule has 0 radical (unpaired) electrons. The van der Waals surface area contributed by atoms with Crippen molar-refractivity contribution in [2.75, 3.05) is 39.7 Å². The van der Waals surface area contributed by atoms with Gasteiger partial charge in [0.2, 0.25) is 0 Å². The van der Waals surface area contributed by atoms with Crippen LogP contribution in [-0.2, 0) is 68.2 Å². The van der Waals surface area contributed by atoms with Crippen molar-refractivity contribution in [2.24, 2.45) is 5.73 Å². The lowest BCUT2D eigenvalue weighted by Crippen LogP contribution is -2.35. The van der Waals surface area contributed by atoms with Crippen LogP contribution in [0, 0.1) is 0 Å². The van der Waals surface area contributed by atoms with Gasteiger partial charge in [-0.15, -0.1) is 11.3 Å². The molecule has 73 heavy (non-hydrogen) atoms. The third kappa shape index (κ3) is 20.1. The number of aromatic nitrogens is 2. The van der Waals surface area contributed by atoms with Crippen LogP contribution in [0.1, 0.15) is 77.4 Å². The molecule has 1 atom stereocenters. The van der Waals surface area contributed by atoms with E-state index in [1.165, 1.54) is 30.6 Å². The Bertz CT molecular complexity index is 2950. The number of imidazole rings is 1. The molecule has 0 saturated carbocycles. The molecule has 0 spiro atoms. The number of benzene rings is 3. The fourth-order valence-corrected chi connectivity index (χ4v) is 8.35. The van der Waals surface area contributed by atoms with Crippen LogP contribution >= 0.6 is 22.9 Å². The van der Waals surface area contributed by atoms with Crippen LogP contribution in [0.3, 0.4) is 0 Å². The van der Waals surface area contributed by atoms with E-state index >= 15 is 0 Å². The number of carbonyl (C=O) groups excluding carboxylic acids is 2. The van der Waals surface area contributed by atoms with Gasteiger partial charge >= 0.3 is 23.9 Å². The summed E-state index contributed by atoms with van der Waals surface area (Å²) in [6.45, 7) is 7.03. The number of aryl methyl sites for hydroxylation is 1. The monoisotopic (exact) mass is 1090 g/mol. The quantitative estimate of drug-likeness (QED) is 0.0202. The molecule has 3 aromatic carbocycles. The predicted molar refractivity (Wildman–Crippen MR) is 276 cm³/mol. The number of nitrogens with zero attached hydrogens (tertiary/aromatic N) is 2. The first-order valence-electron chi connectivity index (χ1n) is 22.3. The molecule has 3 heterocycles. The van der Waals surface area contributed by atoms with E-state index in [-0.39, 0.29) is 29.2 Å². The highest BCUT2D eigenvalue weighted by Gasteiger charge is 2.39. The number of thiophene rings is 1. The topological polar surface area (TPSA) is 301 Å². The summed E-state index contributed by atoms with van der Waals surface area (Å²) in [4.78, 5) is 53.8. The summed E-state index contributed by atoms with van der Waals surface area (Å²) in [5, 5.41) is 24.2. The van der Waals surface area contributed by atoms with E-state index in [2.05, 4.69) is 17.2 Å². The van der Waals surface area contributed by atoms with Gasteiger partial charge in [0.15, 0.2) is 0 Å². The standard InChI is InChI=1S/C23H24N2O4S.C20H25ClN2O5.C6H6O3S.CH4O3S/c1-2-3-6-21-24-14-19(12-18(23(28)29)13-20-5-4-11-30-20)25(21)15-16-7-9-17(10-8-16)22(26)27;1-4-28-20(25)18-15(11-27-10-9-22)23-12(2)16(19(24)26-3)17(18)13-7-5-6-8-14(13)21;7-10(8,9)6-4-2-1-3-5-6;1-5(2,3)4/h4-5,7-12,14H,2-3,6,13,15H2,1H3,(H,26,27)(H,28,29);5-8,17,23H,4,9-11,22H2,1-3H3;1-5H,(H,7,8,9);1H3,(H,2,3,4)/b18-12+;;;. The first-order valence-corrected chi connectivity index (χ1v) is 26.8. The highest BCUT2D eigenvalue weighted by Crippen LogP contribution is 2.42. The van der Waals surface area contributed by atoms with Crippen LogP contribution < -0.4 is 11.1 Å². The van der Waals surface area contributed by atoms with E-state index in [4.69, 9.17) is 45.8 Å². The number of hydrogen-bond acceptors (Lipinski definition) is 15. The molecule has 1 aliphatic heterocycles. The van der Waals surface area contributed by atoms with Gasteiger partial charge < -0.3 is 40.0 Å². The Morgan fingerprint density at radius 2 is 1.55 bits per heavy atom. The van der Waals surface area contributed by atoms with Gasteiger partial charge in [0, 0.05) is 47.1 Å². The van der Waals surface area contributed by atoms with E-state index in [0.717, 1.165) is 41.2 Å². The lowest BCUT2D eigenvalue weighted by Gasteiger charge is -2.31. The molecule has 0 amide bonds. The van der Waals surface area contributed by atoms with Gasteiger partial charge in [-0.2, -0.15) is 16.8 Å². The van der Waals surface area contributed by atoms with Crippen LogP contribution in [0.5, 0.6) is 0 Å². The number of esters is 2. The number of methoxy groups -OCH3 is 1. The highest BCUT2D eigenvalue weighted by atomic mass is 35.5. The van der Waals surface area contributed by atoms with Crippen molar-refractivity contribution in [2.45, 2.75) is 63.8 Å². The van der Waals surface area contributed by atoms with Crippen LogP contribution in [0.4, 0.5) is 0 Å². The number of aromatic carboxylic acids is 1. The number of nitrogens with one attached hydrogen (secondary N) is 1. The summed E-state index contributed by atoms with van der Waals surface area (Å²) in [6, 6.07) is 25.0. The van der Waals surface area contributed by atoms with Gasteiger partial charge in [0.25, 0.3) is 20.2 Å². The van der Waals surface area contributed by atoms with E-state index in [0.29, 0.717) is 65.5 Å². The molecule has 19 nitrogen and oxygen atoms in total. The smallest absolute Gasteiger partial charge is 0.336 e. The maximum Gasteiger partial charge on any atom is 0.336 e. The number of carboxylic acid groups (broad SMARTS) is 2. The number of nitrogens with two attached hydrogens (primary N) is 1. The minimum absolute atomic E-state index is 0.0741. The summed E-state index contributed by atoms with van der Waals surface area (Å²) in [6.07, 6.45) is 7.29. The summed E-state index contributed by atoms with van der Waals surface area (Å²) in [5.41, 5.74) is 9.91. The maximum atomic E-state index is 12.9. The largest absolute Gasteiger partial charge is 0.478 e. The Hall–Kier alpha value is -6.50. The second kappa shape index (κ2) is 29.9. The zero-order valence-corrected chi connectivity index (χ0v) is 43.9. The number of halogens is 1. The Morgan fingerprint density at radius 3 is 2.07 bits per heavy atom. The van der Waals surface area contributed by atoms with Gasteiger partial charge in [0.05, 0.1) is 78.3 Å². The van der Waals surface area contributed by atoms with Crippen molar-refractivity contribution < 1.29 is 69.5 Å². The summed E-state index contributed by atoms with van der Waals surface area (Å²) in [7, 11) is -6.38. The summed E-state index contributed by atoms with van der Waals surface area (Å²) >= 11 is 7.95.